The van der Waals surface area contributed by atoms with E-state index in [2.05, 4.69) is 40.9 Å². The molecule has 1 aliphatic heterocycles. The van der Waals surface area contributed by atoms with Gasteiger partial charge in [0.15, 0.2) is 5.96 Å². The molecule has 2 N–H and O–H groups in total. The monoisotopic (exact) mass is 478 g/mol. The van der Waals surface area contributed by atoms with E-state index >= 15 is 0 Å². The lowest BCUT2D eigenvalue weighted by Gasteiger charge is -2.33. The largest absolute Gasteiger partial charge is 0.357 e. The van der Waals surface area contributed by atoms with Crippen molar-refractivity contribution < 1.29 is 4.79 Å². The number of nitrogens with zero attached hydrogens (tertiary/aromatic N) is 2. The summed E-state index contributed by atoms with van der Waals surface area (Å²) in [6.45, 7) is 9.33. The van der Waals surface area contributed by atoms with Gasteiger partial charge in [-0.15, -0.1) is 35.3 Å². The number of halogens is 1. The summed E-state index contributed by atoms with van der Waals surface area (Å²) in [6.07, 6.45) is 4.02. The Kier molecular flexibility index (Phi) is 10.4. The van der Waals surface area contributed by atoms with E-state index < -0.39 is 0 Å². The van der Waals surface area contributed by atoms with Gasteiger partial charge < -0.3 is 15.5 Å². The number of guanidine groups is 1. The van der Waals surface area contributed by atoms with Crippen molar-refractivity contribution in [3.8, 4) is 0 Å². The van der Waals surface area contributed by atoms with E-state index in [9.17, 15) is 4.79 Å². The molecule has 0 saturated carbocycles. The van der Waals surface area contributed by atoms with Crippen LogP contribution in [0.5, 0.6) is 0 Å². The molecule has 1 aliphatic rings. The molecule has 1 unspecified atom stereocenters. The molecule has 0 aliphatic carbocycles. The fraction of sp³-hybridized carbons (Fsp3) is 0.667. The molecular formula is C18H31IN4OS. The number of carbonyl (C=O) groups is 1. The standard InChI is InChI=1S/C18H30N4OS.HI/c1-4-19-18(21-13-16-14(2)9-12-24-16)20-10-8-17(23)22-11-6-5-7-15(22)3;/h9,12,15H,4-8,10-11,13H2,1-3H3,(H2,19,20,21);1H. The van der Waals surface area contributed by atoms with Crippen LogP contribution >= 0.6 is 35.3 Å². The van der Waals surface area contributed by atoms with Crippen LogP contribution in [-0.4, -0.2) is 42.4 Å². The summed E-state index contributed by atoms with van der Waals surface area (Å²) < 4.78 is 0. The zero-order valence-electron chi connectivity index (χ0n) is 15.5. The number of hydrogen-bond acceptors (Lipinski definition) is 3. The van der Waals surface area contributed by atoms with Gasteiger partial charge in [-0.2, -0.15) is 0 Å². The van der Waals surface area contributed by atoms with Crippen LogP contribution in [0.3, 0.4) is 0 Å². The fourth-order valence-corrected chi connectivity index (χ4v) is 3.79. The highest BCUT2D eigenvalue weighted by molar-refractivity contribution is 14.0. The highest BCUT2D eigenvalue weighted by Crippen LogP contribution is 2.17. The summed E-state index contributed by atoms with van der Waals surface area (Å²) in [6, 6.07) is 2.50. The van der Waals surface area contributed by atoms with Crippen molar-refractivity contribution in [2.24, 2.45) is 4.99 Å². The molecule has 0 aromatic carbocycles. The molecule has 1 aromatic heterocycles. The number of thiophene rings is 1. The minimum absolute atomic E-state index is 0. The van der Waals surface area contributed by atoms with Crippen molar-refractivity contribution in [2.45, 2.75) is 59.0 Å². The second-order valence-electron chi connectivity index (χ2n) is 6.33. The van der Waals surface area contributed by atoms with Gasteiger partial charge in [-0.1, -0.05) is 0 Å². The number of likely N-dealkylation sites (tertiary alicyclic amines) is 1. The van der Waals surface area contributed by atoms with Crippen molar-refractivity contribution in [3.05, 3.63) is 21.9 Å². The van der Waals surface area contributed by atoms with E-state index in [1.807, 2.05) is 11.8 Å². The fourth-order valence-electron chi connectivity index (χ4n) is 2.96. The molecule has 5 nitrogen and oxygen atoms in total. The second kappa shape index (κ2) is 11.7. The van der Waals surface area contributed by atoms with Crippen LogP contribution in [-0.2, 0) is 11.3 Å². The van der Waals surface area contributed by atoms with E-state index in [-0.39, 0.29) is 29.9 Å². The summed E-state index contributed by atoms with van der Waals surface area (Å²) in [5.74, 6) is 1.03. The number of hydrogen-bond donors (Lipinski definition) is 2. The molecule has 1 atom stereocenters. The number of aryl methyl sites for hydroxylation is 1. The van der Waals surface area contributed by atoms with Crippen LogP contribution in [0.2, 0.25) is 0 Å². The maximum atomic E-state index is 12.4. The third kappa shape index (κ3) is 7.13. The van der Waals surface area contributed by atoms with Crippen LogP contribution in [0.1, 0.15) is 50.0 Å². The zero-order valence-corrected chi connectivity index (χ0v) is 18.7. The number of amides is 1. The molecular weight excluding hydrogens is 447 g/mol. The van der Waals surface area contributed by atoms with Crippen LogP contribution in [0.25, 0.3) is 0 Å². The minimum atomic E-state index is 0. The minimum Gasteiger partial charge on any atom is -0.357 e. The predicted molar refractivity (Wildman–Crippen MR) is 117 cm³/mol. The number of nitrogens with one attached hydrogen (secondary N) is 2. The Hall–Kier alpha value is -0.830. The average molecular weight is 478 g/mol. The lowest BCUT2D eigenvalue weighted by atomic mass is 10.0. The van der Waals surface area contributed by atoms with Crippen molar-refractivity contribution >= 4 is 47.2 Å². The summed E-state index contributed by atoms with van der Waals surface area (Å²) in [7, 11) is 0. The highest BCUT2D eigenvalue weighted by Gasteiger charge is 2.22. The first-order valence-electron chi connectivity index (χ1n) is 8.96. The van der Waals surface area contributed by atoms with Crippen LogP contribution in [0.4, 0.5) is 0 Å². The van der Waals surface area contributed by atoms with Crippen molar-refractivity contribution in [3.63, 3.8) is 0 Å². The Morgan fingerprint density at radius 3 is 2.84 bits per heavy atom. The van der Waals surface area contributed by atoms with Gasteiger partial charge >= 0.3 is 0 Å². The van der Waals surface area contributed by atoms with Crippen molar-refractivity contribution in [1.29, 1.82) is 0 Å². The van der Waals surface area contributed by atoms with E-state index in [4.69, 9.17) is 0 Å². The molecule has 1 amide bonds. The summed E-state index contributed by atoms with van der Waals surface area (Å²) in [4.78, 5) is 20.3. The van der Waals surface area contributed by atoms with Crippen molar-refractivity contribution in [2.75, 3.05) is 19.6 Å². The lowest BCUT2D eigenvalue weighted by Crippen LogP contribution is -2.44. The Balaban J connectivity index is 0.00000312. The van der Waals surface area contributed by atoms with Crippen LogP contribution in [0, 0.1) is 6.92 Å². The topological polar surface area (TPSA) is 56.7 Å². The molecule has 2 rings (SSSR count). The average Bonchev–Trinajstić information content (AvgIpc) is 2.98. The maximum Gasteiger partial charge on any atom is 0.224 e. The Bertz CT molecular complexity index is 561. The van der Waals surface area contributed by atoms with E-state index in [0.29, 0.717) is 25.6 Å². The van der Waals surface area contributed by atoms with Gasteiger partial charge in [-0.25, -0.2) is 4.99 Å². The van der Waals surface area contributed by atoms with E-state index in [0.717, 1.165) is 31.9 Å². The molecule has 1 aromatic rings. The predicted octanol–water partition coefficient (Wildman–Crippen LogP) is 3.52. The Morgan fingerprint density at radius 1 is 1.40 bits per heavy atom. The summed E-state index contributed by atoms with van der Waals surface area (Å²) in [5, 5.41) is 8.62. The first kappa shape index (κ1) is 22.2. The van der Waals surface area contributed by atoms with Gasteiger partial charge in [0, 0.05) is 37.0 Å². The molecule has 0 radical (unpaired) electrons. The molecule has 2 heterocycles. The summed E-state index contributed by atoms with van der Waals surface area (Å²) in [5.41, 5.74) is 1.29. The number of carbonyl (C=O) groups excluding carboxylic acids is 1. The second-order valence-corrected chi connectivity index (χ2v) is 7.33. The highest BCUT2D eigenvalue weighted by atomic mass is 127. The van der Waals surface area contributed by atoms with Gasteiger partial charge in [0.2, 0.25) is 5.91 Å². The SMILES string of the molecule is CCNC(=NCc1sccc1C)NCCC(=O)N1CCCCC1C.I. The zero-order chi connectivity index (χ0) is 17.4. The Morgan fingerprint density at radius 2 is 2.20 bits per heavy atom. The lowest BCUT2D eigenvalue weighted by molar-refractivity contribution is -0.134. The quantitative estimate of drug-likeness (QED) is 0.374. The van der Waals surface area contributed by atoms with Gasteiger partial charge in [-0.05, 0) is 57.0 Å². The first-order valence-corrected chi connectivity index (χ1v) is 9.84. The third-order valence-corrected chi connectivity index (χ3v) is 5.46. The van der Waals surface area contributed by atoms with Gasteiger partial charge in [0.05, 0.1) is 6.54 Å². The molecule has 25 heavy (non-hydrogen) atoms. The third-order valence-electron chi connectivity index (χ3n) is 4.45. The molecule has 1 saturated heterocycles. The molecule has 1 fully saturated rings. The maximum absolute atomic E-state index is 12.4. The Labute approximate surface area is 172 Å². The number of rotatable bonds is 6. The number of piperidine rings is 1. The van der Waals surface area contributed by atoms with E-state index in [1.165, 1.54) is 16.9 Å². The first-order chi connectivity index (χ1) is 11.6. The van der Waals surface area contributed by atoms with Gasteiger partial charge in [-0.3, -0.25) is 4.79 Å². The summed E-state index contributed by atoms with van der Waals surface area (Å²) >= 11 is 1.73. The molecule has 0 spiro atoms. The number of aliphatic imine (C=N–C) groups is 1. The van der Waals surface area contributed by atoms with Crippen LogP contribution < -0.4 is 10.6 Å². The van der Waals surface area contributed by atoms with Gasteiger partial charge in [0.25, 0.3) is 0 Å². The van der Waals surface area contributed by atoms with Gasteiger partial charge in [0.1, 0.15) is 0 Å². The normalized spacial score (nSPS) is 17.8. The van der Waals surface area contributed by atoms with E-state index in [1.54, 1.807) is 11.3 Å². The smallest absolute Gasteiger partial charge is 0.224 e. The molecule has 0 bridgehead atoms. The molecule has 142 valence electrons. The van der Waals surface area contributed by atoms with Crippen molar-refractivity contribution in [1.82, 2.24) is 15.5 Å². The van der Waals surface area contributed by atoms with Crippen LogP contribution in [0.15, 0.2) is 16.4 Å². The molecule has 7 heteroatoms.